The Morgan fingerprint density at radius 3 is 2.58 bits per heavy atom. The van der Waals surface area contributed by atoms with Crippen molar-refractivity contribution < 1.29 is 23.8 Å². The fraction of sp³-hybridized carbons (Fsp3) is 0.167. The Bertz CT molecular complexity index is 653. The second-order valence-corrected chi connectivity index (χ2v) is 3.95. The lowest BCUT2D eigenvalue weighted by atomic mass is 10.1. The minimum atomic E-state index is -1.16. The maximum atomic E-state index is 13.9. The van der Waals surface area contributed by atoms with Gasteiger partial charge >= 0.3 is 5.97 Å². The van der Waals surface area contributed by atoms with Crippen molar-refractivity contribution in [2.45, 2.75) is 0 Å². The van der Waals surface area contributed by atoms with Crippen LogP contribution in [0.15, 0.2) is 18.2 Å². The SMILES string of the molecule is O=C(O)c1cc(-c2cc3c(cc2F)OCCO3)n[nH]1. The highest BCUT2D eigenvalue weighted by atomic mass is 19.1. The summed E-state index contributed by atoms with van der Waals surface area (Å²) < 4.78 is 24.5. The smallest absolute Gasteiger partial charge is 0.353 e. The molecule has 0 saturated heterocycles. The number of ether oxygens (including phenoxy) is 2. The molecule has 19 heavy (non-hydrogen) atoms. The van der Waals surface area contributed by atoms with E-state index in [1.807, 2.05) is 0 Å². The molecule has 7 heteroatoms. The lowest BCUT2D eigenvalue weighted by Gasteiger charge is -2.19. The van der Waals surface area contributed by atoms with E-state index in [1.165, 1.54) is 18.2 Å². The molecule has 0 radical (unpaired) electrons. The summed E-state index contributed by atoms with van der Waals surface area (Å²) in [4.78, 5) is 10.8. The van der Waals surface area contributed by atoms with Crippen LogP contribution in [0.3, 0.4) is 0 Å². The number of halogens is 1. The van der Waals surface area contributed by atoms with Gasteiger partial charge in [-0.05, 0) is 12.1 Å². The van der Waals surface area contributed by atoms with Crippen LogP contribution in [0.5, 0.6) is 11.5 Å². The molecule has 1 aliphatic rings. The Labute approximate surface area is 106 Å². The molecule has 2 aromatic rings. The van der Waals surface area contributed by atoms with E-state index in [2.05, 4.69) is 10.2 Å². The number of hydrogen-bond acceptors (Lipinski definition) is 4. The van der Waals surface area contributed by atoms with E-state index in [0.717, 1.165) is 0 Å². The normalized spacial score (nSPS) is 13.3. The predicted molar refractivity (Wildman–Crippen MR) is 61.9 cm³/mol. The molecule has 3 rings (SSSR count). The number of carbonyl (C=O) groups is 1. The van der Waals surface area contributed by atoms with Crippen LogP contribution >= 0.6 is 0 Å². The molecule has 0 spiro atoms. The number of hydrogen-bond donors (Lipinski definition) is 2. The lowest BCUT2D eigenvalue weighted by Crippen LogP contribution is -2.15. The van der Waals surface area contributed by atoms with Gasteiger partial charge in [0, 0.05) is 11.6 Å². The molecular formula is C12H9FN2O4. The maximum absolute atomic E-state index is 13.9. The van der Waals surface area contributed by atoms with Crippen LogP contribution in [0.4, 0.5) is 4.39 Å². The number of rotatable bonds is 2. The number of fused-ring (bicyclic) bond motifs is 1. The van der Waals surface area contributed by atoms with E-state index in [0.29, 0.717) is 24.7 Å². The maximum Gasteiger partial charge on any atom is 0.353 e. The highest BCUT2D eigenvalue weighted by molar-refractivity contribution is 5.87. The van der Waals surface area contributed by atoms with Gasteiger partial charge in [0.05, 0.1) is 5.69 Å². The Hall–Kier alpha value is -2.57. The summed E-state index contributed by atoms with van der Waals surface area (Å²) in [6, 6.07) is 3.92. The van der Waals surface area contributed by atoms with Gasteiger partial charge in [-0.3, -0.25) is 5.10 Å². The second-order valence-electron chi connectivity index (χ2n) is 3.95. The van der Waals surface area contributed by atoms with E-state index < -0.39 is 11.8 Å². The van der Waals surface area contributed by atoms with Gasteiger partial charge in [-0.15, -0.1) is 0 Å². The Kier molecular flexibility index (Phi) is 2.59. The van der Waals surface area contributed by atoms with Crippen molar-refractivity contribution in [3.05, 3.63) is 29.7 Å². The van der Waals surface area contributed by atoms with E-state index in [1.54, 1.807) is 0 Å². The summed E-state index contributed by atoms with van der Waals surface area (Å²) >= 11 is 0. The van der Waals surface area contributed by atoms with Gasteiger partial charge < -0.3 is 14.6 Å². The minimum absolute atomic E-state index is 0.107. The monoisotopic (exact) mass is 264 g/mol. The van der Waals surface area contributed by atoms with Gasteiger partial charge in [-0.2, -0.15) is 5.10 Å². The number of benzene rings is 1. The third-order valence-electron chi connectivity index (χ3n) is 2.72. The van der Waals surface area contributed by atoms with Crippen LogP contribution in [-0.4, -0.2) is 34.5 Å². The average molecular weight is 264 g/mol. The molecule has 0 aliphatic carbocycles. The fourth-order valence-electron chi connectivity index (χ4n) is 1.83. The molecular weight excluding hydrogens is 255 g/mol. The summed E-state index contributed by atoms with van der Waals surface area (Å²) in [6.45, 7) is 0.760. The molecule has 0 unspecified atom stereocenters. The van der Waals surface area contributed by atoms with Crippen molar-refractivity contribution in [1.29, 1.82) is 0 Å². The molecule has 0 bridgehead atoms. The van der Waals surface area contributed by atoms with Gasteiger partial charge in [0.15, 0.2) is 11.5 Å². The van der Waals surface area contributed by atoms with Crippen molar-refractivity contribution in [2.24, 2.45) is 0 Å². The third-order valence-corrected chi connectivity index (χ3v) is 2.72. The zero-order valence-electron chi connectivity index (χ0n) is 9.64. The van der Waals surface area contributed by atoms with Gasteiger partial charge in [0.2, 0.25) is 0 Å². The minimum Gasteiger partial charge on any atom is -0.486 e. The fourth-order valence-corrected chi connectivity index (χ4v) is 1.83. The molecule has 1 aliphatic heterocycles. The lowest BCUT2D eigenvalue weighted by molar-refractivity contribution is 0.0690. The Balaban J connectivity index is 2.06. The van der Waals surface area contributed by atoms with Gasteiger partial charge in [0.25, 0.3) is 0 Å². The standard InChI is InChI=1S/C12H9FN2O4/c13-7-4-11-10(18-1-2-19-11)3-6(7)8-5-9(12(16)17)15-14-8/h3-5H,1-2H2,(H,14,15)(H,16,17). The summed E-state index contributed by atoms with van der Waals surface area (Å²) in [5.74, 6) is -0.951. The van der Waals surface area contributed by atoms with Crippen LogP contribution in [0.2, 0.25) is 0 Å². The number of carboxylic acids is 1. The summed E-state index contributed by atoms with van der Waals surface area (Å²) in [5, 5.41) is 14.9. The zero-order chi connectivity index (χ0) is 13.4. The molecule has 0 amide bonds. The van der Waals surface area contributed by atoms with Gasteiger partial charge in [-0.25, -0.2) is 9.18 Å². The highest BCUT2D eigenvalue weighted by Crippen LogP contribution is 2.36. The van der Waals surface area contributed by atoms with Crippen molar-refractivity contribution in [1.82, 2.24) is 10.2 Å². The number of aromatic carboxylic acids is 1. The molecule has 6 nitrogen and oxygen atoms in total. The second kappa shape index (κ2) is 4.27. The van der Waals surface area contributed by atoms with Crippen molar-refractivity contribution in [3.63, 3.8) is 0 Å². The number of H-pyrrole nitrogens is 1. The third kappa shape index (κ3) is 1.99. The molecule has 0 fully saturated rings. The average Bonchev–Trinajstić information content (AvgIpc) is 2.87. The van der Waals surface area contributed by atoms with Crippen molar-refractivity contribution in [2.75, 3.05) is 13.2 Å². The Morgan fingerprint density at radius 1 is 1.26 bits per heavy atom. The summed E-state index contributed by atoms with van der Waals surface area (Å²) in [7, 11) is 0. The predicted octanol–water partition coefficient (Wildman–Crippen LogP) is 1.69. The summed E-state index contributed by atoms with van der Waals surface area (Å²) in [5.41, 5.74) is 0.254. The number of aromatic amines is 1. The molecule has 2 heterocycles. The first-order chi connectivity index (χ1) is 9.15. The first-order valence-corrected chi connectivity index (χ1v) is 5.53. The molecule has 0 saturated carbocycles. The van der Waals surface area contributed by atoms with Crippen LogP contribution < -0.4 is 9.47 Å². The van der Waals surface area contributed by atoms with Crippen LogP contribution in [0.25, 0.3) is 11.3 Å². The quantitative estimate of drug-likeness (QED) is 0.862. The molecule has 0 atom stereocenters. The van der Waals surface area contributed by atoms with Crippen LogP contribution in [-0.2, 0) is 0 Å². The van der Waals surface area contributed by atoms with E-state index >= 15 is 0 Å². The zero-order valence-corrected chi connectivity index (χ0v) is 9.64. The van der Waals surface area contributed by atoms with Gasteiger partial charge in [0.1, 0.15) is 24.7 Å². The number of nitrogens with zero attached hydrogens (tertiary/aromatic N) is 1. The van der Waals surface area contributed by atoms with E-state index in [9.17, 15) is 9.18 Å². The topological polar surface area (TPSA) is 84.4 Å². The molecule has 98 valence electrons. The van der Waals surface area contributed by atoms with E-state index in [-0.39, 0.29) is 17.0 Å². The van der Waals surface area contributed by atoms with Crippen molar-refractivity contribution in [3.8, 4) is 22.8 Å². The number of aromatic nitrogens is 2. The molecule has 1 aromatic carbocycles. The number of carboxylic acid groups (broad SMARTS) is 1. The van der Waals surface area contributed by atoms with Gasteiger partial charge in [-0.1, -0.05) is 0 Å². The van der Waals surface area contributed by atoms with Crippen LogP contribution in [0, 0.1) is 5.82 Å². The first-order valence-electron chi connectivity index (χ1n) is 5.53. The van der Waals surface area contributed by atoms with Crippen LogP contribution in [0.1, 0.15) is 10.5 Å². The molecule has 1 aromatic heterocycles. The van der Waals surface area contributed by atoms with E-state index in [4.69, 9.17) is 14.6 Å². The van der Waals surface area contributed by atoms with Crippen molar-refractivity contribution >= 4 is 5.97 Å². The molecule has 2 N–H and O–H groups in total. The summed E-state index contributed by atoms with van der Waals surface area (Å²) in [6.07, 6.45) is 0. The number of nitrogens with one attached hydrogen (secondary N) is 1. The highest BCUT2D eigenvalue weighted by Gasteiger charge is 2.19. The largest absolute Gasteiger partial charge is 0.486 e. The first kappa shape index (κ1) is 11.5. The Morgan fingerprint density at radius 2 is 1.95 bits per heavy atom.